The predicted molar refractivity (Wildman–Crippen MR) is 99.8 cm³/mol. The number of rotatable bonds is 6. The molecule has 27 heavy (non-hydrogen) atoms. The van der Waals surface area contributed by atoms with Gasteiger partial charge in [-0.25, -0.2) is 0 Å². The molecule has 0 aliphatic carbocycles. The van der Waals surface area contributed by atoms with Gasteiger partial charge in [0.15, 0.2) is 5.78 Å². The lowest BCUT2D eigenvalue weighted by Gasteiger charge is -2.16. The monoisotopic (exact) mass is 383 g/mol. The summed E-state index contributed by atoms with van der Waals surface area (Å²) in [6, 6.07) is 8.92. The molecule has 0 unspecified atom stereocenters. The second kappa shape index (κ2) is 7.40. The first-order valence-electron chi connectivity index (χ1n) is 8.56. The second-order valence-corrected chi connectivity index (χ2v) is 7.10. The van der Waals surface area contributed by atoms with Gasteiger partial charge in [0, 0.05) is 24.2 Å². The highest BCUT2D eigenvalue weighted by molar-refractivity contribution is 7.99. The maximum atomic E-state index is 12.5. The van der Waals surface area contributed by atoms with Crippen molar-refractivity contribution in [2.45, 2.75) is 25.0 Å². The van der Waals surface area contributed by atoms with Gasteiger partial charge in [-0.2, -0.15) is 0 Å². The number of amides is 1. The van der Waals surface area contributed by atoms with Gasteiger partial charge in [-0.1, -0.05) is 23.9 Å². The fourth-order valence-corrected chi connectivity index (χ4v) is 3.62. The van der Waals surface area contributed by atoms with Crippen LogP contribution in [0, 0.1) is 6.92 Å². The van der Waals surface area contributed by atoms with Crippen molar-refractivity contribution in [2.75, 3.05) is 17.2 Å². The Morgan fingerprint density at radius 3 is 2.93 bits per heavy atom. The number of hydrogen-bond acceptors (Lipinski definition) is 7. The minimum absolute atomic E-state index is 0.0623. The molecular weight excluding hydrogens is 366 g/mol. The van der Waals surface area contributed by atoms with E-state index in [2.05, 4.69) is 10.2 Å². The Morgan fingerprint density at radius 1 is 1.30 bits per heavy atom. The first-order chi connectivity index (χ1) is 13.1. The Bertz CT molecular complexity index is 994. The molecule has 0 radical (unpaired) electrons. The first-order valence-corrected chi connectivity index (χ1v) is 9.55. The van der Waals surface area contributed by atoms with E-state index in [1.807, 2.05) is 13.0 Å². The number of furan rings is 1. The second-order valence-electron chi connectivity index (χ2n) is 6.17. The summed E-state index contributed by atoms with van der Waals surface area (Å²) in [5.74, 6) is 1.27. The zero-order chi connectivity index (χ0) is 18.8. The van der Waals surface area contributed by atoms with E-state index in [4.69, 9.17) is 8.83 Å². The zero-order valence-electron chi connectivity index (χ0n) is 14.7. The minimum atomic E-state index is -0.0623. The molecule has 4 rings (SSSR count). The summed E-state index contributed by atoms with van der Waals surface area (Å²) in [6.07, 6.45) is 2.97. The number of aromatic nitrogens is 2. The average Bonchev–Trinajstić information content (AvgIpc) is 3.40. The number of carbonyl (C=O) groups excluding carboxylic acids is 2. The number of anilines is 1. The van der Waals surface area contributed by atoms with Crippen LogP contribution in [0.5, 0.6) is 0 Å². The molecule has 3 aromatic rings. The zero-order valence-corrected chi connectivity index (χ0v) is 15.5. The molecule has 1 fully saturated rings. The van der Waals surface area contributed by atoms with Crippen LogP contribution in [0.1, 0.15) is 29.0 Å². The SMILES string of the molecule is Cc1occc1-c1nnc(SCC(=O)c2cccc(N3CCCC3=O)c2)o1. The maximum absolute atomic E-state index is 12.5. The Labute approximate surface area is 159 Å². The maximum Gasteiger partial charge on any atom is 0.277 e. The number of aryl methyl sites for hydroxylation is 1. The third kappa shape index (κ3) is 3.66. The molecule has 8 heteroatoms. The summed E-state index contributed by atoms with van der Waals surface area (Å²) in [7, 11) is 0. The average molecular weight is 383 g/mol. The predicted octanol–water partition coefficient (Wildman–Crippen LogP) is 3.74. The van der Waals surface area contributed by atoms with Crippen molar-refractivity contribution in [3.63, 3.8) is 0 Å². The fourth-order valence-electron chi connectivity index (χ4n) is 2.96. The molecule has 0 atom stereocenters. The summed E-state index contributed by atoms with van der Waals surface area (Å²) >= 11 is 1.19. The summed E-state index contributed by atoms with van der Waals surface area (Å²) in [6.45, 7) is 2.51. The lowest BCUT2D eigenvalue weighted by molar-refractivity contribution is -0.117. The Morgan fingerprint density at radius 2 is 2.19 bits per heavy atom. The molecule has 138 valence electrons. The standard InChI is InChI=1S/C19H17N3O4S/c1-12-15(7-9-25-12)18-20-21-19(26-18)27-11-16(23)13-4-2-5-14(10-13)22-8-3-6-17(22)24/h2,4-5,7,9-10H,3,6,8,11H2,1H3. The van der Waals surface area contributed by atoms with Gasteiger partial charge in [-0.3, -0.25) is 9.59 Å². The van der Waals surface area contributed by atoms with Crippen molar-refractivity contribution in [3.8, 4) is 11.5 Å². The van der Waals surface area contributed by atoms with Crippen LogP contribution in [0.15, 0.2) is 50.7 Å². The lowest BCUT2D eigenvalue weighted by atomic mass is 10.1. The highest BCUT2D eigenvalue weighted by Crippen LogP contribution is 2.27. The van der Waals surface area contributed by atoms with E-state index in [9.17, 15) is 9.59 Å². The first kappa shape index (κ1) is 17.5. The molecule has 1 amide bonds. The van der Waals surface area contributed by atoms with Crippen molar-refractivity contribution in [3.05, 3.63) is 47.9 Å². The molecule has 1 aliphatic heterocycles. The third-order valence-electron chi connectivity index (χ3n) is 4.38. The summed E-state index contributed by atoms with van der Waals surface area (Å²) in [4.78, 5) is 26.1. The number of Topliss-reactive ketones (excluding diaryl/α,β-unsaturated/α-hetero) is 1. The number of thioether (sulfide) groups is 1. The number of hydrogen-bond donors (Lipinski definition) is 0. The normalized spacial score (nSPS) is 14.1. The van der Waals surface area contributed by atoms with Crippen LogP contribution >= 0.6 is 11.8 Å². The van der Waals surface area contributed by atoms with E-state index >= 15 is 0 Å². The Kier molecular flexibility index (Phi) is 4.81. The lowest BCUT2D eigenvalue weighted by Crippen LogP contribution is -2.23. The molecular formula is C19H17N3O4S. The topological polar surface area (TPSA) is 89.4 Å². The van der Waals surface area contributed by atoms with E-state index in [0.717, 1.165) is 17.7 Å². The largest absolute Gasteiger partial charge is 0.469 e. The molecule has 1 saturated heterocycles. The van der Waals surface area contributed by atoms with Crippen molar-refractivity contribution in [1.29, 1.82) is 0 Å². The number of nitrogens with zero attached hydrogens (tertiary/aromatic N) is 3. The van der Waals surface area contributed by atoms with Crippen LogP contribution in [-0.2, 0) is 4.79 Å². The smallest absolute Gasteiger partial charge is 0.277 e. The van der Waals surface area contributed by atoms with E-state index < -0.39 is 0 Å². The van der Waals surface area contributed by atoms with Crippen molar-refractivity contribution in [2.24, 2.45) is 0 Å². The van der Waals surface area contributed by atoms with E-state index in [0.29, 0.717) is 35.4 Å². The van der Waals surface area contributed by atoms with Crippen LogP contribution in [0.3, 0.4) is 0 Å². The molecule has 0 saturated carbocycles. The molecule has 1 aromatic carbocycles. The van der Waals surface area contributed by atoms with Crippen LogP contribution < -0.4 is 4.90 Å². The molecule has 0 N–H and O–H groups in total. The van der Waals surface area contributed by atoms with Crippen LogP contribution in [0.25, 0.3) is 11.5 Å². The highest BCUT2D eigenvalue weighted by Gasteiger charge is 2.22. The third-order valence-corrected chi connectivity index (χ3v) is 5.19. The van der Waals surface area contributed by atoms with Gasteiger partial charge in [0.25, 0.3) is 11.1 Å². The van der Waals surface area contributed by atoms with Crippen molar-refractivity contribution >= 4 is 29.1 Å². The number of ketones is 1. The Balaban J connectivity index is 1.42. The minimum Gasteiger partial charge on any atom is -0.469 e. The van der Waals surface area contributed by atoms with Gasteiger partial charge in [0.1, 0.15) is 5.76 Å². The van der Waals surface area contributed by atoms with Crippen LogP contribution in [-0.4, -0.2) is 34.2 Å². The summed E-state index contributed by atoms with van der Waals surface area (Å²) in [5.41, 5.74) is 2.07. The van der Waals surface area contributed by atoms with Crippen LogP contribution in [0.4, 0.5) is 5.69 Å². The quantitative estimate of drug-likeness (QED) is 0.473. The van der Waals surface area contributed by atoms with Crippen molar-refractivity contribution < 1.29 is 18.4 Å². The summed E-state index contributed by atoms with van der Waals surface area (Å²) < 4.78 is 10.8. The molecule has 3 heterocycles. The van der Waals surface area contributed by atoms with Crippen LogP contribution in [0.2, 0.25) is 0 Å². The van der Waals surface area contributed by atoms with Gasteiger partial charge in [0.2, 0.25) is 5.91 Å². The van der Waals surface area contributed by atoms with E-state index in [1.165, 1.54) is 11.8 Å². The molecule has 2 aromatic heterocycles. The molecule has 7 nitrogen and oxygen atoms in total. The van der Waals surface area contributed by atoms with Gasteiger partial charge in [0.05, 0.1) is 17.6 Å². The number of carbonyl (C=O) groups is 2. The van der Waals surface area contributed by atoms with E-state index in [1.54, 1.807) is 35.4 Å². The van der Waals surface area contributed by atoms with Gasteiger partial charge < -0.3 is 13.7 Å². The Hall–Kier alpha value is -2.87. The summed E-state index contributed by atoms with van der Waals surface area (Å²) in [5, 5.41) is 8.28. The molecule has 0 spiro atoms. The highest BCUT2D eigenvalue weighted by atomic mass is 32.2. The van der Waals surface area contributed by atoms with Gasteiger partial charge >= 0.3 is 0 Å². The fraction of sp³-hybridized carbons (Fsp3) is 0.263. The molecule has 0 bridgehead atoms. The number of benzene rings is 1. The van der Waals surface area contributed by atoms with E-state index in [-0.39, 0.29) is 17.4 Å². The van der Waals surface area contributed by atoms with Gasteiger partial charge in [-0.15, -0.1) is 10.2 Å². The molecule has 1 aliphatic rings. The van der Waals surface area contributed by atoms with Crippen molar-refractivity contribution in [1.82, 2.24) is 10.2 Å². The van der Waals surface area contributed by atoms with Gasteiger partial charge in [-0.05, 0) is 31.5 Å².